The van der Waals surface area contributed by atoms with E-state index >= 15 is 4.79 Å². The van der Waals surface area contributed by atoms with Crippen LogP contribution in [-0.2, 0) is 71.3 Å². The van der Waals surface area contributed by atoms with Gasteiger partial charge in [0.1, 0.15) is 53.1 Å². The van der Waals surface area contributed by atoms with E-state index in [1.165, 1.54) is 55.0 Å². The van der Waals surface area contributed by atoms with E-state index in [0.717, 1.165) is 0 Å². The van der Waals surface area contributed by atoms with Gasteiger partial charge in [-0.25, -0.2) is 4.79 Å². The molecule has 0 aromatic carbocycles. The normalized spacial score (nSPS) is 48.1. The molecule has 3 aliphatic heterocycles. The van der Waals surface area contributed by atoms with Gasteiger partial charge in [0.25, 0.3) is 5.97 Å². The Labute approximate surface area is 344 Å². The number of carbonyl (C=O) groups excluding carboxylic acids is 4. The molecule has 7 unspecified atom stereocenters. The first-order chi connectivity index (χ1) is 27.6. The average Bonchev–Trinajstić information content (AvgIpc) is 3.86. The standard InChI is InChI=1S/C43H58O16/c1-20(2)27(49-11)26-28-37(7,29(55-33(26)47)23-15-16-53-18-23)30(56-32(46)21(3)4)31(50-12)43-38(8)24(17-25(45)48-10)36(6)19-40(38)42(52-14,34(36)54-22(5)44)35(51-13)41(28,43)58-39(9,57-40)59-43/h15-16,18,20-21,24,28-31,34-35H,17,19H2,1-14H3/b27-26-/t24-,28?,29-,30?,31+,34?,35-,36?,37+,38+,39?,40?,41?,42-,43+/m0/s1. The van der Waals surface area contributed by atoms with Gasteiger partial charge in [0.15, 0.2) is 5.60 Å². The van der Waals surface area contributed by atoms with Crippen molar-refractivity contribution in [1.82, 2.24) is 0 Å². The molecule has 4 aliphatic carbocycles. The molecule has 2 spiro atoms. The van der Waals surface area contributed by atoms with E-state index in [-0.39, 0.29) is 24.2 Å². The quantitative estimate of drug-likeness (QED) is 0.131. The van der Waals surface area contributed by atoms with Crippen LogP contribution < -0.4 is 0 Å². The fourth-order valence-corrected chi connectivity index (χ4v) is 14.4. The first-order valence-corrected chi connectivity index (χ1v) is 20.3. The van der Waals surface area contributed by atoms with E-state index in [4.69, 9.17) is 56.5 Å². The molecule has 7 aliphatic rings. The van der Waals surface area contributed by atoms with E-state index in [0.29, 0.717) is 5.56 Å². The lowest BCUT2D eigenvalue weighted by atomic mass is 9.32. The Balaban J connectivity index is 1.61. The predicted octanol–water partition coefficient (Wildman–Crippen LogP) is 4.57. The van der Waals surface area contributed by atoms with Crippen molar-refractivity contribution in [1.29, 1.82) is 0 Å². The zero-order chi connectivity index (χ0) is 43.3. The molecule has 3 saturated heterocycles. The van der Waals surface area contributed by atoms with Gasteiger partial charge in [-0.2, -0.15) is 0 Å². The van der Waals surface area contributed by atoms with Crippen LogP contribution in [0.4, 0.5) is 0 Å². The second-order valence-electron chi connectivity index (χ2n) is 18.8. The molecule has 4 heterocycles. The average molecular weight is 831 g/mol. The predicted molar refractivity (Wildman–Crippen MR) is 200 cm³/mol. The molecule has 0 radical (unpaired) electrons. The lowest BCUT2D eigenvalue weighted by Crippen LogP contribution is -2.97. The lowest BCUT2D eigenvalue weighted by Gasteiger charge is -2.79. The van der Waals surface area contributed by atoms with Gasteiger partial charge in [-0.05, 0) is 18.4 Å². The van der Waals surface area contributed by atoms with Gasteiger partial charge in [0, 0.05) is 69.8 Å². The third-order valence-corrected chi connectivity index (χ3v) is 15.7. The van der Waals surface area contributed by atoms with Gasteiger partial charge in [-0.1, -0.05) is 48.5 Å². The number of allylic oxidation sites excluding steroid dienone is 1. The van der Waals surface area contributed by atoms with Crippen molar-refractivity contribution in [3.63, 3.8) is 0 Å². The molecule has 8 rings (SSSR count). The number of furan rings is 1. The van der Waals surface area contributed by atoms with Crippen molar-refractivity contribution in [3.05, 3.63) is 35.5 Å². The third kappa shape index (κ3) is 4.40. The van der Waals surface area contributed by atoms with Crippen LogP contribution in [0.1, 0.15) is 86.8 Å². The topological polar surface area (TPSA) is 183 Å². The summed E-state index contributed by atoms with van der Waals surface area (Å²) in [5.41, 5.74) is -10.5. The molecule has 4 bridgehead atoms. The van der Waals surface area contributed by atoms with E-state index in [1.54, 1.807) is 26.8 Å². The van der Waals surface area contributed by atoms with Crippen LogP contribution in [0, 0.1) is 39.9 Å². The zero-order valence-corrected chi connectivity index (χ0v) is 36.4. The van der Waals surface area contributed by atoms with E-state index in [2.05, 4.69) is 0 Å². The minimum absolute atomic E-state index is 0.0852. The lowest BCUT2D eigenvalue weighted by molar-refractivity contribution is -0.494. The maximum atomic E-state index is 15.2. The van der Waals surface area contributed by atoms with Crippen molar-refractivity contribution < 1.29 is 75.7 Å². The number of ether oxygens (including phenoxy) is 11. The SMILES string of the molecule is COC(=O)C[C@H]1C2(C)CC34OC5(C)OC6(C7/C(=C(/OC)C(C)C)C(=O)O[C@@H](c8ccoc8)[C@]7(C)C(OC(=O)C(C)C)[C@@H](OC)[C@@]6(O5)[C@]13C)[C@H](OC)[C@@]4(OC)C2OC(C)=O. The number of cyclic esters (lactones) is 1. The monoisotopic (exact) mass is 830 g/mol. The summed E-state index contributed by atoms with van der Waals surface area (Å²) in [5, 5.41) is 0. The highest BCUT2D eigenvalue weighted by molar-refractivity contribution is 5.92. The summed E-state index contributed by atoms with van der Waals surface area (Å²) in [5.74, 6) is -7.08. The molecule has 1 aromatic heterocycles. The van der Waals surface area contributed by atoms with Gasteiger partial charge in [0.2, 0.25) is 0 Å². The van der Waals surface area contributed by atoms with E-state index < -0.39 is 123 Å². The Morgan fingerprint density at radius 1 is 0.864 bits per heavy atom. The van der Waals surface area contributed by atoms with Gasteiger partial charge in [0.05, 0.1) is 43.7 Å². The molecule has 7 fully saturated rings. The second kappa shape index (κ2) is 13.0. The van der Waals surface area contributed by atoms with Crippen molar-refractivity contribution in [2.75, 3.05) is 35.5 Å². The van der Waals surface area contributed by atoms with Crippen LogP contribution in [0.3, 0.4) is 0 Å². The summed E-state index contributed by atoms with van der Waals surface area (Å²) in [6, 6.07) is 1.68. The molecule has 16 nitrogen and oxygen atoms in total. The van der Waals surface area contributed by atoms with Crippen LogP contribution in [0.15, 0.2) is 34.3 Å². The molecule has 4 saturated carbocycles. The van der Waals surface area contributed by atoms with Gasteiger partial charge >= 0.3 is 23.9 Å². The van der Waals surface area contributed by atoms with Crippen LogP contribution >= 0.6 is 0 Å². The highest BCUT2D eigenvalue weighted by Gasteiger charge is 3.06. The van der Waals surface area contributed by atoms with Gasteiger partial charge in [-0.15, -0.1) is 0 Å². The number of carbonyl (C=O) groups is 4. The maximum Gasteiger partial charge on any atom is 0.338 e. The number of rotatable bonds is 11. The smallest absolute Gasteiger partial charge is 0.338 e. The van der Waals surface area contributed by atoms with Gasteiger partial charge < -0.3 is 56.5 Å². The first-order valence-electron chi connectivity index (χ1n) is 20.3. The molecule has 0 amide bonds. The van der Waals surface area contributed by atoms with Crippen LogP contribution in [-0.4, -0.2) is 112 Å². The summed E-state index contributed by atoms with van der Waals surface area (Å²) < 4.78 is 79.9. The molecule has 16 heteroatoms. The summed E-state index contributed by atoms with van der Waals surface area (Å²) in [6.45, 7) is 15.9. The number of hydrogen-bond acceptors (Lipinski definition) is 16. The Bertz CT molecular complexity index is 1980. The van der Waals surface area contributed by atoms with Crippen LogP contribution in [0.25, 0.3) is 0 Å². The van der Waals surface area contributed by atoms with E-state index in [1.807, 2.05) is 34.6 Å². The van der Waals surface area contributed by atoms with Crippen LogP contribution in [0.2, 0.25) is 0 Å². The Hall–Kier alpha value is -3.54. The number of methoxy groups -OCH3 is 5. The van der Waals surface area contributed by atoms with Crippen LogP contribution in [0.5, 0.6) is 0 Å². The highest BCUT2D eigenvalue weighted by Crippen LogP contribution is 2.90. The summed E-state index contributed by atoms with van der Waals surface area (Å²) >= 11 is 0. The number of fused-ring (bicyclic) bond motifs is 3. The summed E-state index contributed by atoms with van der Waals surface area (Å²) in [4.78, 5) is 56.7. The zero-order valence-electron chi connectivity index (χ0n) is 36.4. The van der Waals surface area contributed by atoms with Crippen molar-refractivity contribution in [3.8, 4) is 0 Å². The van der Waals surface area contributed by atoms with Crippen molar-refractivity contribution >= 4 is 23.9 Å². The maximum absolute atomic E-state index is 15.2. The van der Waals surface area contributed by atoms with Gasteiger partial charge in [-0.3, -0.25) is 14.4 Å². The first kappa shape index (κ1) is 42.2. The summed E-state index contributed by atoms with van der Waals surface area (Å²) in [7, 11) is 7.29. The Morgan fingerprint density at radius 3 is 2.08 bits per heavy atom. The third-order valence-electron chi connectivity index (χ3n) is 15.7. The Kier molecular flexibility index (Phi) is 9.28. The highest BCUT2D eigenvalue weighted by atomic mass is 16.9. The Morgan fingerprint density at radius 2 is 1.56 bits per heavy atom. The number of esters is 4. The molecule has 59 heavy (non-hydrogen) atoms. The second-order valence-corrected chi connectivity index (χ2v) is 18.8. The minimum atomic E-state index is -1.95. The molecule has 326 valence electrons. The fraction of sp³-hybridized carbons (Fsp3) is 0.767. The largest absolute Gasteiger partial charge is 0.500 e. The molecular formula is C43H58O16. The fourth-order valence-electron chi connectivity index (χ4n) is 14.4. The minimum Gasteiger partial charge on any atom is -0.500 e. The molecule has 0 N–H and O–H groups in total. The van der Waals surface area contributed by atoms with E-state index in [9.17, 15) is 14.4 Å². The van der Waals surface area contributed by atoms with Crippen molar-refractivity contribution in [2.24, 2.45) is 39.9 Å². The number of hydrogen-bond donors (Lipinski definition) is 0. The molecule has 15 atom stereocenters. The summed E-state index contributed by atoms with van der Waals surface area (Å²) in [6.07, 6.45) is -3.18. The van der Waals surface area contributed by atoms with Crippen molar-refractivity contribution in [2.45, 2.75) is 134 Å². The molecule has 1 aromatic rings. The molecular weight excluding hydrogens is 772 g/mol.